The summed E-state index contributed by atoms with van der Waals surface area (Å²) < 4.78 is 0. The second kappa shape index (κ2) is 6.69. The van der Waals surface area contributed by atoms with Crippen molar-refractivity contribution in [3.8, 4) is 0 Å². The molecule has 0 unspecified atom stereocenters. The Bertz CT molecular complexity index is 864. The van der Waals surface area contributed by atoms with Crippen LogP contribution in [0.2, 0.25) is 0 Å². The number of Topliss-reactive ketones (excluding diaryl/α,β-unsaturated/α-hetero) is 1. The maximum absolute atomic E-state index is 13.0. The lowest BCUT2D eigenvalue weighted by Crippen LogP contribution is -2.42. The van der Waals surface area contributed by atoms with Crippen molar-refractivity contribution in [2.24, 2.45) is 0 Å². The van der Waals surface area contributed by atoms with Crippen LogP contribution in [-0.4, -0.2) is 23.3 Å². The molecular weight excluding hydrogens is 326 g/mol. The minimum absolute atomic E-state index is 0.205. The fraction of sp³-hybridized carbons (Fsp3) is 0.364. The van der Waals surface area contributed by atoms with E-state index in [1.165, 1.54) is 0 Å². The van der Waals surface area contributed by atoms with Crippen molar-refractivity contribution in [2.75, 3.05) is 11.4 Å². The Morgan fingerprint density at radius 1 is 1.12 bits per heavy atom. The Balaban J connectivity index is 2.02. The van der Waals surface area contributed by atoms with Gasteiger partial charge in [0.05, 0.1) is 12.1 Å². The molecule has 2 aromatic rings. The second-order valence-electron chi connectivity index (χ2n) is 7.21. The molecule has 1 heterocycles. The molecule has 3 rings (SSSR count). The number of carbonyl (C=O) groups excluding carboxylic acids is 2. The third-order valence-electron chi connectivity index (χ3n) is 5.06. The highest BCUT2D eigenvalue weighted by Gasteiger charge is 2.50. The average Bonchev–Trinajstić information content (AvgIpc) is 2.77. The van der Waals surface area contributed by atoms with E-state index >= 15 is 0 Å². The molecule has 4 heteroatoms. The van der Waals surface area contributed by atoms with Gasteiger partial charge in [0.2, 0.25) is 0 Å². The Kier molecular flexibility index (Phi) is 4.72. The van der Waals surface area contributed by atoms with E-state index < -0.39 is 11.5 Å². The molecule has 0 spiro atoms. The Morgan fingerprint density at radius 2 is 1.73 bits per heavy atom. The van der Waals surface area contributed by atoms with Gasteiger partial charge in [-0.15, -0.1) is 0 Å². The van der Waals surface area contributed by atoms with E-state index in [9.17, 15) is 14.7 Å². The fourth-order valence-corrected chi connectivity index (χ4v) is 4.06. The molecule has 1 N–H and O–H groups in total. The quantitative estimate of drug-likeness (QED) is 0.833. The number of hydrogen-bond donors (Lipinski definition) is 1. The van der Waals surface area contributed by atoms with Crippen molar-refractivity contribution < 1.29 is 14.7 Å². The van der Waals surface area contributed by atoms with Gasteiger partial charge >= 0.3 is 0 Å². The molecule has 2 aromatic carbocycles. The normalized spacial score (nSPS) is 19.0. The lowest BCUT2D eigenvalue weighted by molar-refractivity contribution is -0.135. The molecule has 0 bridgehead atoms. The molecule has 0 saturated carbocycles. The molecule has 136 valence electrons. The average molecular weight is 351 g/mol. The zero-order valence-electron chi connectivity index (χ0n) is 15.8. The zero-order valence-corrected chi connectivity index (χ0v) is 15.8. The topological polar surface area (TPSA) is 57.6 Å². The Hall–Kier alpha value is -2.46. The molecule has 1 aliphatic rings. The van der Waals surface area contributed by atoms with Gasteiger partial charge in [-0.05, 0) is 44.4 Å². The third-order valence-corrected chi connectivity index (χ3v) is 5.06. The Morgan fingerprint density at radius 3 is 2.35 bits per heavy atom. The number of nitrogens with zero attached hydrogens (tertiary/aromatic N) is 1. The summed E-state index contributed by atoms with van der Waals surface area (Å²) in [5.41, 5.74) is 2.86. The summed E-state index contributed by atoms with van der Waals surface area (Å²) in [7, 11) is 0. The number of benzene rings is 2. The molecule has 0 radical (unpaired) electrons. The number of rotatable bonds is 5. The van der Waals surface area contributed by atoms with E-state index in [1.54, 1.807) is 17.0 Å². The Labute approximate surface area is 154 Å². The summed E-state index contributed by atoms with van der Waals surface area (Å²) in [6.45, 7) is 8.28. The molecule has 0 saturated heterocycles. The molecular formula is C22H25NO3. The van der Waals surface area contributed by atoms with E-state index in [0.717, 1.165) is 23.1 Å². The first-order valence-corrected chi connectivity index (χ1v) is 9.04. The molecule has 0 aromatic heterocycles. The first-order valence-electron chi connectivity index (χ1n) is 9.04. The van der Waals surface area contributed by atoms with Crippen LogP contribution in [0.3, 0.4) is 0 Å². The van der Waals surface area contributed by atoms with Crippen LogP contribution in [0.5, 0.6) is 0 Å². The van der Waals surface area contributed by atoms with Crippen LogP contribution >= 0.6 is 0 Å². The highest BCUT2D eigenvalue weighted by molar-refractivity contribution is 6.11. The summed E-state index contributed by atoms with van der Waals surface area (Å²) in [6, 6.07) is 11.1. The number of para-hydroxylation sites is 1. The van der Waals surface area contributed by atoms with Crippen molar-refractivity contribution in [2.45, 2.75) is 46.1 Å². The molecule has 0 fully saturated rings. The summed E-state index contributed by atoms with van der Waals surface area (Å²) in [5, 5.41) is 11.3. The molecule has 0 aliphatic carbocycles. The molecule has 1 atom stereocenters. The van der Waals surface area contributed by atoms with Gasteiger partial charge in [-0.25, -0.2) is 0 Å². The van der Waals surface area contributed by atoms with Crippen molar-refractivity contribution in [3.63, 3.8) is 0 Å². The monoisotopic (exact) mass is 351 g/mol. The summed E-state index contributed by atoms with van der Waals surface area (Å²) in [4.78, 5) is 27.6. The van der Waals surface area contributed by atoms with Crippen molar-refractivity contribution in [1.29, 1.82) is 0 Å². The van der Waals surface area contributed by atoms with Crippen LogP contribution in [-0.2, 0) is 10.4 Å². The van der Waals surface area contributed by atoms with Crippen molar-refractivity contribution in [1.82, 2.24) is 0 Å². The standard InChI is InChI=1S/C22H25NO3/c1-5-10-23-18-9-7-6-8-17(18)22(26,21(23)25)13-19(24)20-15(3)11-14(2)12-16(20)4/h6-9,11-12,26H,5,10,13H2,1-4H3/t22-/m1/s1. The SMILES string of the molecule is CCCN1C(=O)[C@@](O)(CC(=O)c2c(C)cc(C)cc2C)c2ccccc21. The second-order valence-corrected chi connectivity index (χ2v) is 7.21. The maximum Gasteiger partial charge on any atom is 0.264 e. The summed E-state index contributed by atoms with van der Waals surface area (Å²) in [6.07, 6.45) is 0.536. The minimum Gasteiger partial charge on any atom is -0.375 e. The number of amides is 1. The van der Waals surface area contributed by atoms with Gasteiger partial charge in [-0.2, -0.15) is 0 Å². The maximum atomic E-state index is 13.0. The number of anilines is 1. The van der Waals surface area contributed by atoms with Crippen LogP contribution in [0.25, 0.3) is 0 Å². The first-order chi connectivity index (χ1) is 12.3. The van der Waals surface area contributed by atoms with Crippen LogP contribution < -0.4 is 4.90 Å². The van der Waals surface area contributed by atoms with E-state index in [1.807, 2.05) is 52.0 Å². The van der Waals surface area contributed by atoms with Gasteiger partial charge in [-0.1, -0.05) is 42.8 Å². The molecule has 4 nitrogen and oxygen atoms in total. The number of aryl methyl sites for hydroxylation is 3. The van der Waals surface area contributed by atoms with Crippen LogP contribution in [0, 0.1) is 20.8 Å². The predicted octanol–water partition coefficient (Wildman–Crippen LogP) is 3.83. The van der Waals surface area contributed by atoms with Crippen LogP contribution in [0.1, 0.15) is 52.4 Å². The van der Waals surface area contributed by atoms with Crippen molar-refractivity contribution >= 4 is 17.4 Å². The molecule has 26 heavy (non-hydrogen) atoms. The fourth-order valence-electron chi connectivity index (χ4n) is 4.06. The number of hydrogen-bond acceptors (Lipinski definition) is 3. The number of aliphatic hydroxyl groups is 1. The van der Waals surface area contributed by atoms with E-state index in [-0.39, 0.29) is 12.2 Å². The van der Waals surface area contributed by atoms with Crippen molar-refractivity contribution in [3.05, 3.63) is 64.2 Å². The number of ketones is 1. The third kappa shape index (κ3) is 2.84. The highest BCUT2D eigenvalue weighted by atomic mass is 16.3. The van der Waals surface area contributed by atoms with E-state index in [4.69, 9.17) is 0 Å². The molecule has 1 amide bonds. The highest BCUT2D eigenvalue weighted by Crippen LogP contribution is 2.43. The smallest absolute Gasteiger partial charge is 0.264 e. The predicted molar refractivity (Wildman–Crippen MR) is 103 cm³/mol. The number of carbonyl (C=O) groups is 2. The van der Waals surface area contributed by atoms with E-state index in [2.05, 4.69) is 0 Å². The summed E-state index contributed by atoms with van der Waals surface area (Å²) >= 11 is 0. The van der Waals surface area contributed by atoms with Crippen LogP contribution in [0.4, 0.5) is 5.69 Å². The largest absolute Gasteiger partial charge is 0.375 e. The van der Waals surface area contributed by atoms with Gasteiger partial charge in [-0.3, -0.25) is 9.59 Å². The first kappa shape index (κ1) is 18.3. The van der Waals surface area contributed by atoms with Crippen LogP contribution in [0.15, 0.2) is 36.4 Å². The van der Waals surface area contributed by atoms with Gasteiger partial charge in [0, 0.05) is 17.7 Å². The lowest BCUT2D eigenvalue weighted by atomic mass is 9.85. The van der Waals surface area contributed by atoms with Gasteiger partial charge < -0.3 is 10.0 Å². The number of fused-ring (bicyclic) bond motifs is 1. The lowest BCUT2D eigenvalue weighted by Gasteiger charge is -2.23. The zero-order chi connectivity index (χ0) is 19.1. The minimum atomic E-state index is -1.80. The van der Waals surface area contributed by atoms with E-state index in [0.29, 0.717) is 23.4 Å². The van der Waals surface area contributed by atoms with Gasteiger partial charge in [0.15, 0.2) is 11.4 Å². The summed E-state index contributed by atoms with van der Waals surface area (Å²) in [5.74, 6) is -0.611. The van der Waals surface area contributed by atoms with Gasteiger partial charge in [0.25, 0.3) is 5.91 Å². The van der Waals surface area contributed by atoms with Gasteiger partial charge in [0.1, 0.15) is 0 Å². The molecule has 1 aliphatic heterocycles.